The number of aromatic nitrogens is 2. The first-order chi connectivity index (χ1) is 15.9. The summed E-state index contributed by atoms with van der Waals surface area (Å²) < 4.78 is 46.1. The molecule has 5 nitrogen and oxygen atoms in total. The Morgan fingerprint density at radius 3 is 2.42 bits per heavy atom. The number of halogens is 3. The summed E-state index contributed by atoms with van der Waals surface area (Å²) in [7, 11) is 0. The molecule has 1 aliphatic carbocycles. The number of nitrogens with one attached hydrogen (secondary N) is 1. The summed E-state index contributed by atoms with van der Waals surface area (Å²) in [6.45, 7) is 1.10. The molecule has 172 valence electrons. The molecule has 0 radical (unpaired) electrons. The second-order valence-corrected chi connectivity index (χ2v) is 7.84. The summed E-state index contributed by atoms with van der Waals surface area (Å²) in [5.41, 5.74) is 2.03. The zero-order valence-electron chi connectivity index (χ0n) is 17.9. The molecule has 3 aromatic rings. The molecule has 0 unspecified atom stereocenters. The standard InChI is InChI=1S/C25H24F3N3O2/c26-25(27,28)19-8-6-18(7-9-19)22-4-1-2-5-23(22)24(32)30-20-10-12-21(13-11-20)33-17-16-31-15-3-14-29-31/h3,6-15H,1-2,4-5,16-17H2,(H,30,32). The van der Waals surface area contributed by atoms with Crippen LogP contribution in [0.5, 0.6) is 5.75 Å². The molecule has 4 rings (SSSR count). The van der Waals surface area contributed by atoms with E-state index in [2.05, 4.69) is 10.4 Å². The van der Waals surface area contributed by atoms with Crippen LogP contribution in [0.25, 0.3) is 5.57 Å². The van der Waals surface area contributed by atoms with E-state index in [4.69, 9.17) is 4.74 Å². The van der Waals surface area contributed by atoms with Crippen LogP contribution >= 0.6 is 0 Å². The van der Waals surface area contributed by atoms with Crippen LogP contribution in [-0.2, 0) is 17.5 Å². The number of hydrogen-bond donors (Lipinski definition) is 1. The van der Waals surface area contributed by atoms with Gasteiger partial charge in [-0.1, -0.05) is 12.1 Å². The van der Waals surface area contributed by atoms with Gasteiger partial charge < -0.3 is 10.1 Å². The molecule has 1 aromatic heterocycles. The smallest absolute Gasteiger partial charge is 0.416 e. The fourth-order valence-electron chi connectivity index (χ4n) is 3.87. The first-order valence-corrected chi connectivity index (χ1v) is 10.8. The minimum atomic E-state index is -4.38. The Morgan fingerprint density at radius 1 is 1.03 bits per heavy atom. The topological polar surface area (TPSA) is 56.1 Å². The fourth-order valence-corrected chi connectivity index (χ4v) is 3.87. The molecule has 8 heteroatoms. The number of anilines is 1. The molecule has 0 aliphatic heterocycles. The molecule has 0 saturated carbocycles. The molecule has 1 aliphatic rings. The van der Waals surface area contributed by atoms with E-state index in [9.17, 15) is 18.0 Å². The van der Waals surface area contributed by atoms with Crippen LogP contribution in [0, 0.1) is 0 Å². The fraction of sp³-hybridized carbons (Fsp3) is 0.280. The monoisotopic (exact) mass is 455 g/mol. The lowest BCUT2D eigenvalue weighted by molar-refractivity contribution is -0.137. The van der Waals surface area contributed by atoms with Gasteiger partial charge in [0.15, 0.2) is 0 Å². The van der Waals surface area contributed by atoms with Gasteiger partial charge in [0, 0.05) is 23.7 Å². The highest BCUT2D eigenvalue weighted by Gasteiger charge is 2.30. The molecular formula is C25H24F3N3O2. The Hall–Kier alpha value is -3.55. The first-order valence-electron chi connectivity index (χ1n) is 10.8. The normalized spacial score (nSPS) is 14.3. The van der Waals surface area contributed by atoms with Crippen molar-refractivity contribution in [1.82, 2.24) is 9.78 Å². The quantitative estimate of drug-likeness (QED) is 0.479. The summed E-state index contributed by atoms with van der Waals surface area (Å²) in [4.78, 5) is 13.0. The zero-order chi connectivity index (χ0) is 23.3. The third-order valence-corrected chi connectivity index (χ3v) is 5.56. The lowest BCUT2D eigenvalue weighted by atomic mass is 9.86. The highest BCUT2D eigenvalue weighted by molar-refractivity contribution is 6.09. The highest BCUT2D eigenvalue weighted by atomic mass is 19.4. The van der Waals surface area contributed by atoms with Gasteiger partial charge in [-0.05, 0) is 79.3 Å². The van der Waals surface area contributed by atoms with Crippen molar-refractivity contribution in [2.75, 3.05) is 11.9 Å². The number of ether oxygens (including phenoxy) is 1. The van der Waals surface area contributed by atoms with Gasteiger partial charge >= 0.3 is 6.18 Å². The molecule has 0 bridgehead atoms. The Morgan fingerprint density at radius 2 is 1.76 bits per heavy atom. The molecule has 0 saturated heterocycles. The average molecular weight is 455 g/mol. The summed E-state index contributed by atoms with van der Waals surface area (Å²) >= 11 is 0. The maximum absolute atomic E-state index is 13.0. The van der Waals surface area contributed by atoms with Gasteiger partial charge in [0.1, 0.15) is 12.4 Å². The molecule has 1 heterocycles. The van der Waals surface area contributed by atoms with Gasteiger partial charge in [-0.25, -0.2) is 0 Å². The lowest BCUT2D eigenvalue weighted by Gasteiger charge is -2.21. The van der Waals surface area contributed by atoms with Gasteiger partial charge in [0.2, 0.25) is 0 Å². The number of allylic oxidation sites excluding steroid dienone is 1. The van der Waals surface area contributed by atoms with Crippen LogP contribution in [-0.4, -0.2) is 22.3 Å². The van der Waals surface area contributed by atoms with E-state index < -0.39 is 11.7 Å². The summed E-state index contributed by atoms with van der Waals surface area (Å²) in [6, 6.07) is 14.0. The van der Waals surface area contributed by atoms with Crippen LogP contribution in [0.4, 0.5) is 18.9 Å². The summed E-state index contributed by atoms with van der Waals surface area (Å²) in [6.07, 6.45) is 2.22. The van der Waals surface area contributed by atoms with E-state index in [0.29, 0.717) is 48.6 Å². The zero-order valence-corrected chi connectivity index (χ0v) is 17.9. The van der Waals surface area contributed by atoms with Crippen molar-refractivity contribution < 1.29 is 22.7 Å². The Labute approximate surface area is 189 Å². The molecule has 0 fully saturated rings. The van der Waals surface area contributed by atoms with Crippen molar-refractivity contribution in [1.29, 1.82) is 0 Å². The predicted molar refractivity (Wildman–Crippen MR) is 120 cm³/mol. The van der Waals surface area contributed by atoms with Gasteiger partial charge in [-0.15, -0.1) is 0 Å². The van der Waals surface area contributed by atoms with E-state index >= 15 is 0 Å². The number of amides is 1. The average Bonchev–Trinajstić information content (AvgIpc) is 3.33. The Balaban J connectivity index is 1.42. The molecule has 1 amide bonds. The van der Waals surface area contributed by atoms with E-state index in [1.54, 1.807) is 35.1 Å². The van der Waals surface area contributed by atoms with Crippen LogP contribution in [0.3, 0.4) is 0 Å². The van der Waals surface area contributed by atoms with Crippen molar-refractivity contribution in [2.24, 2.45) is 0 Å². The van der Waals surface area contributed by atoms with Crippen molar-refractivity contribution in [3.8, 4) is 5.75 Å². The van der Waals surface area contributed by atoms with Crippen LogP contribution in [0.2, 0.25) is 0 Å². The molecule has 1 N–H and O–H groups in total. The van der Waals surface area contributed by atoms with Crippen LogP contribution < -0.4 is 10.1 Å². The lowest BCUT2D eigenvalue weighted by Crippen LogP contribution is -2.18. The largest absolute Gasteiger partial charge is 0.492 e. The van der Waals surface area contributed by atoms with Crippen LogP contribution in [0.15, 0.2) is 72.6 Å². The van der Waals surface area contributed by atoms with Crippen molar-refractivity contribution in [3.05, 3.63) is 83.7 Å². The maximum atomic E-state index is 13.0. The predicted octanol–water partition coefficient (Wildman–Crippen LogP) is 5.95. The number of benzene rings is 2. The van der Waals surface area contributed by atoms with Gasteiger partial charge in [-0.3, -0.25) is 9.48 Å². The van der Waals surface area contributed by atoms with Gasteiger partial charge in [0.25, 0.3) is 5.91 Å². The minimum Gasteiger partial charge on any atom is -0.492 e. The van der Waals surface area contributed by atoms with E-state index in [1.807, 2.05) is 12.3 Å². The third kappa shape index (κ3) is 5.83. The SMILES string of the molecule is O=C(Nc1ccc(OCCn2cccn2)cc1)C1=C(c2ccc(C(F)(F)F)cc2)CCCC1. The Kier molecular flexibility index (Phi) is 6.82. The third-order valence-electron chi connectivity index (χ3n) is 5.56. The maximum Gasteiger partial charge on any atom is 0.416 e. The second kappa shape index (κ2) is 9.94. The number of carbonyl (C=O) groups excluding carboxylic acids is 1. The minimum absolute atomic E-state index is 0.225. The van der Waals surface area contributed by atoms with Crippen LogP contribution in [0.1, 0.15) is 36.8 Å². The molecule has 0 atom stereocenters. The Bertz CT molecular complexity index is 1100. The summed E-state index contributed by atoms with van der Waals surface area (Å²) in [5.74, 6) is 0.458. The second-order valence-electron chi connectivity index (χ2n) is 7.84. The number of carbonyl (C=O) groups is 1. The van der Waals surface area contributed by atoms with Crippen molar-refractivity contribution in [3.63, 3.8) is 0 Å². The van der Waals surface area contributed by atoms with E-state index in [1.165, 1.54) is 12.1 Å². The first kappa shape index (κ1) is 22.6. The van der Waals surface area contributed by atoms with Gasteiger partial charge in [0.05, 0.1) is 12.1 Å². The molecule has 0 spiro atoms. The number of alkyl halides is 3. The van der Waals surface area contributed by atoms with E-state index in [-0.39, 0.29) is 5.91 Å². The number of hydrogen-bond acceptors (Lipinski definition) is 3. The van der Waals surface area contributed by atoms with Crippen molar-refractivity contribution in [2.45, 2.75) is 38.4 Å². The highest BCUT2D eigenvalue weighted by Crippen LogP contribution is 2.35. The summed E-state index contributed by atoms with van der Waals surface area (Å²) in [5, 5.41) is 7.02. The number of rotatable bonds is 7. The van der Waals surface area contributed by atoms with Crippen molar-refractivity contribution >= 4 is 17.2 Å². The number of nitrogens with zero attached hydrogens (tertiary/aromatic N) is 2. The molecule has 2 aromatic carbocycles. The van der Waals surface area contributed by atoms with Gasteiger partial charge in [-0.2, -0.15) is 18.3 Å². The molecule has 33 heavy (non-hydrogen) atoms. The molecular weight excluding hydrogens is 431 g/mol. The van der Waals surface area contributed by atoms with E-state index in [0.717, 1.165) is 30.5 Å².